The lowest BCUT2D eigenvalue weighted by atomic mass is 9.93. The molecule has 4 rings (SSSR count). The summed E-state index contributed by atoms with van der Waals surface area (Å²) in [5.74, 6) is -0.122. The maximum Gasteiger partial charge on any atom is 0.335 e. The molecule has 39 heavy (non-hydrogen) atoms. The summed E-state index contributed by atoms with van der Waals surface area (Å²) in [6.07, 6.45) is 0. The lowest BCUT2D eigenvalue weighted by Gasteiger charge is -2.36. The van der Waals surface area contributed by atoms with E-state index in [9.17, 15) is 24.8 Å². The van der Waals surface area contributed by atoms with E-state index in [-0.39, 0.29) is 33.3 Å². The normalized spacial score (nSPS) is 15.0. The molecule has 3 aromatic carbocycles. The maximum absolute atomic E-state index is 14.0. The van der Waals surface area contributed by atoms with Crippen LogP contribution in [0.15, 0.2) is 89.1 Å². The van der Waals surface area contributed by atoms with Gasteiger partial charge in [-0.05, 0) is 54.4 Å². The Morgan fingerprint density at radius 2 is 1.64 bits per heavy atom. The third-order valence-electron chi connectivity index (χ3n) is 6.10. The average Bonchev–Trinajstić information content (AvgIpc) is 2.95. The fraction of sp³-hybridized carbons (Fsp3) is 0.179. The molecule has 1 N–H and O–H groups in total. The zero-order chi connectivity index (χ0) is 28.1. The average molecular weight is 548 g/mol. The lowest BCUT2D eigenvalue weighted by Crippen LogP contribution is -2.43. The van der Waals surface area contributed by atoms with Gasteiger partial charge in [-0.1, -0.05) is 36.0 Å². The lowest BCUT2D eigenvalue weighted by molar-refractivity contribution is -0.384. The second-order valence-corrected chi connectivity index (χ2v) is 9.44. The van der Waals surface area contributed by atoms with E-state index in [2.05, 4.69) is 4.99 Å². The van der Waals surface area contributed by atoms with Gasteiger partial charge in [0.2, 0.25) is 0 Å². The number of nitro benzene ring substituents is 1. The van der Waals surface area contributed by atoms with Crippen molar-refractivity contribution in [1.82, 2.24) is 4.90 Å². The Bertz CT molecular complexity index is 1470. The number of nitrogens with zero attached hydrogens (tertiary/aromatic N) is 3. The van der Waals surface area contributed by atoms with Gasteiger partial charge in [-0.3, -0.25) is 19.8 Å². The summed E-state index contributed by atoms with van der Waals surface area (Å²) in [5, 5.41) is 22.0. The van der Waals surface area contributed by atoms with Crippen molar-refractivity contribution in [3.05, 3.63) is 111 Å². The number of allylic oxidation sites excluding steroid dienone is 1. The molecule has 0 aromatic heterocycles. The van der Waals surface area contributed by atoms with Crippen molar-refractivity contribution in [2.24, 2.45) is 4.99 Å². The van der Waals surface area contributed by atoms with Crippen molar-refractivity contribution < 1.29 is 29.1 Å². The molecule has 0 saturated carbocycles. The monoisotopic (exact) mass is 547 g/mol. The van der Waals surface area contributed by atoms with Gasteiger partial charge in [0.15, 0.2) is 5.17 Å². The first-order valence-electron chi connectivity index (χ1n) is 11.7. The van der Waals surface area contributed by atoms with Crippen LogP contribution in [0.5, 0.6) is 11.5 Å². The van der Waals surface area contributed by atoms with Crippen LogP contribution in [0.25, 0.3) is 0 Å². The molecule has 1 aliphatic rings. The third-order valence-corrected chi connectivity index (χ3v) is 7.12. The van der Waals surface area contributed by atoms with Gasteiger partial charge in [-0.15, -0.1) is 0 Å². The number of aliphatic carboxylic acids is 1. The molecule has 11 heteroatoms. The van der Waals surface area contributed by atoms with Gasteiger partial charge in [0.25, 0.3) is 11.6 Å². The molecule has 0 aliphatic carbocycles. The first kappa shape index (κ1) is 27.4. The van der Waals surface area contributed by atoms with E-state index in [0.29, 0.717) is 17.3 Å². The van der Waals surface area contributed by atoms with Gasteiger partial charge in [0.05, 0.1) is 36.5 Å². The van der Waals surface area contributed by atoms with Crippen molar-refractivity contribution in [2.75, 3.05) is 14.2 Å². The second kappa shape index (κ2) is 11.8. The number of carbonyl (C=O) groups is 2. The van der Waals surface area contributed by atoms with Crippen molar-refractivity contribution >= 4 is 34.5 Å². The number of carbonyl (C=O) groups excluding carboxylic acids is 1. The summed E-state index contributed by atoms with van der Waals surface area (Å²) in [6, 6.07) is 18.3. The van der Waals surface area contributed by atoms with Crippen molar-refractivity contribution in [3.63, 3.8) is 0 Å². The zero-order valence-corrected chi connectivity index (χ0v) is 22.2. The van der Waals surface area contributed by atoms with Crippen LogP contribution in [0.3, 0.4) is 0 Å². The number of non-ortho nitro benzene ring substituents is 1. The molecule has 1 unspecified atom stereocenters. The molecule has 3 aromatic rings. The van der Waals surface area contributed by atoms with E-state index in [4.69, 9.17) is 9.47 Å². The molecule has 1 aliphatic heterocycles. The molecule has 0 spiro atoms. The van der Waals surface area contributed by atoms with Crippen LogP contribution in [0.4, 0.5) is 5.69 Å². The summed E-state index contributed by atoms with van der Waals surface area (Å²) in [7, 11) is 3.08. The quantitative estimate of drug-likeness (QED) is 0.291. The number of rotatable bonds is 8. The number of hydrogen-bond donors (Lipinski definition) is 1. The summed E-state index contributed by atoms with van der Waals surface area (Å²) < 4.78 is 10.4. The van der Waals surface area contributed by atoms with E-state index in [1.165, 1.54) is 42.0 Å². The minimum atomic E-state index is -1.28. The first-order chi connectivity index (χ1) is 18.7. The highest BCUT2D eigenvalue weighted by atomic mass is 32.2. The van der Waals surface area contributed by atoms with Crippen LogP contribution in [0.1, 0.15) is 34.5 Å². The molecule has 0 fully saturated rings. The number of nitro groups is 1. The number of carboxylic acid groups (broad SMARTS) is 1. The molecule has 0 radical (unpaired) electrons. The molecular formula is C28H25N3O7S. The van der Waals surface area contributed by atoms with Gasteiger partial charge in [0, 0.05) is 23.4 Å². The number of carboxylic acids is 1. The molecule has 200 valence electrons. The number of hydrogen-bond acceptors (Lipinski definition) is 8. The Morgan fingerprint density at radius 3 is 2.21 bits per heavy atom. The summed E-state index contributed by atoms with van der Waals surface area (Å²) in [4.78, 5) is 43.3. The SMILES string of the molecule is COc1ccc(CSC2=NC(C)=C(C(=O)O)C(c3cccc([N+](=O)[O-])c3)N2C(=O)c2ccc(OC)cc2)cc1. The summed E-state index contributed by atoms with van der Waals surface area (Å²) in [6.45, 7) is 1.55. The smallest absolute Gasteiger partial charge is 0.335 e. The van der Waals surface area contributed by atoms with Crippen LogP contribution in [0, 0.1) is 10.1 Å². The predicted molar refractivity (Wildman–Crippen MR) is 147 cm³/mol. The predicted octanol–water partition coefficient (Wildman–Crippen LogP) is 5.46. The van der Waals surface area contributed by atoms with Gasteiger partial charge >= 0.3 is 5.97 Å². The fourth-order valence-electron chi connectivity index (χ4n) is 4.14. The van der Waals surface area contributed by atoms with E-state index in [1.807, 2.05) is 24.3 Å². The van der Waals surface area contributed by atoms with E-state index < -0.39 is 22.8 Å². The van der Waals surface area contributed by atoms with Gasteiger partial charge in [-0.25, -0.2) is 9.79 Å². The molecule has 1 amide bonds. The van der Waals surface area contributed by atoms with E-state index >= 15 is 0 Å². The van der Waals surface area contributed by atoms with Crippen LogP contribution < -0.4 is 9.47 Å². The maximum atomic E-state index is 14.0. The standard InChI is InChI=1S/C28H25N3O7S/c1-17-24(27(33)34)25(20-5-4-6-21(15-20)31(35)36)30(26(32)19-9-13-23(38-3)14-10-19)28(29-17)39-16-18-7-11-22(37-2)12-8-18/h4-15,25H,16H2,1-3H3,(H,33,34). The largest absolute Gasteiger partial charge is 0.497 e. The number of amidine groups is 1. The minimum absolute atomic E-state index is 0.147. The third kappa shape index (κ3) is 5.93. The number of methoxy groups -OCH3 is 2. The van der Waals surface area contributed by atoms with E-state index in [1.54, 1.807) is 44.4 Å². The molecule has 0 bridgehead atoms. The highest BCUT2D eigenvalue weighted by Gasteiger charge is 2.40. The summed E-state index contributed by atoms with van der Waals surface area (Å²) >= 11 is 1.26. The number of amides is 1. The topological polar surface area (TPSA) is 132 Å². The number of aliphatic imine (C=N–C) groups is 1. The van der Waals surface area contributed by atoms with Crippen molar-refractivity contribution in [2.45, 2.75) is 18.7 Å². The molecule has 10 nitrogen and oxygen atoms in total. The highest BCUT2D eigenvalue weighted by molar-refractivity contribution is 8.13. The molecule has 1 atom stereocenters. The Balaban J connectivity index is 1.83. The van der Waals surface area contributed by atoms with Crippen molar-refractivity contribution in [3.8, 4) is 11.5 Å². The number of thioether (sulfide) groups is 1. The van der Waals surface area contributed by atoms with Gasteiger partial charge in [0.1, 0.15) is 11.5 Å². The molecular weight excluding hydrogens is 522 g/mol. The zero-order valence-electron chi connectivity index (χ0n) is 21.4. The Morgan fingerprint density at radius 1 is 1.03 bits per heavy atom. The van der Waals surface area contributed by atoms with Gasteiger partial charge in [-0.2, -0.15) is 0 Å². The number of ether oxygens (including phenoxy) is 2. The van der Waals surface area contributed by atoms with E-state index in [0.717, 1.165) is 5.56 Å². The van der Waals surface area contributed by atoms with Crippen LogP contribution in [-0.4, -0.2) is 46.2 Å². The second-order valence-electron chi connectivity index (χ2n) is 8.49. The molecule has 1 heterocycles. The van der Waals surface area contributed by atoms with Crippen LogP contribution in [0.2, 0.25) is 0 Å². The summed E-state index contributed by atoms with van der Waals surface area (Å²) in [5.41, 5.74) is 1.31. The fourth-order valence-corrected chi connectivity index (χ4v) is 5.16. The minimum Gasteiger partial charge on any atom is -0.497 e. The molecule has 0 saturated heterocycles. The first-order valence-corrected chi connectivity index (χ1v) is 12.7. The van der Waals surface area contributed by atoms with Gasteiger partial charge < -0.3 is 14.6 Å². The van der Waals surface area contributed by atoms with Crippen molar-refractivity contribution in [1.29, 1.82) is 0 Å². The highest BCUT2D eigenvalue weighted by Crippen LogP contribution is 2.40. The Kier molecular flexibility index (Phi) is 8.30. The number of benzene rings is 3. The van der Waals surface area contributed by atoms with Crippen LogP contribution in [-0.2, 0) is 10.5 Å². The van der Waals surface area contributed by atoms with Crippen LogP contribution >= 0.6 is 11.8 Å². The Labute approximate surface area is 228 Å². The Hall–Kier alpha value is -4.64.